The highest BCUT2D eigenvalue weighted by Crippen LogP contribution is 2.27. The van der Waals surface area contributed by atoms with E-state index in [2.05, 4.69) is 40.7 Å². The topological polar surface area (TPSA) is 0 Å². The van der Waals surface area contributed by atoms with Gasteiger partial charge in [0.1, 0.15) is 0 Å². The van der Waals surface area contributed by atoms with Crippen molar-refractivity contribution in [1.29, 1.82) is 0 Å². The molecule has 0 rings (SSSR count). The van der Waals surface area contributed by atoms with Crippen molar-refractivity contribution in [2.24, 2.45) is 5.41 Å². The summed E-state index contributed by atoms with van der Waals surface area (Å²) < 4.78 is 0. The molecule has 0 spiro atoms. The standard InChI is InChI=1S/C10H20.C2H6/c1-6-9(3)8-10(4,5)7-2;1-2/h6H,7-8H2,1-5H3;1-2H3/b9-6+;. The van der Waals surface area contributed by atoms with Crippen molar-refractivity contribution in [3.63, 3.8) is 0 Å². The maximum Gasteiger partial charge on any atom is -0.0272 e. The van der Waals surface area contributed by atoms with E-state index in [-0.39, 0.29) is 0 Å². The molecule has 0 saturated heterocycles. The van der Waals surface area contributed by atoms with Gasteiger partial charge in [-0.15, -0.1) is 0 Å². The normalized spacial score (nSPS) is 12.1. The molecule has 0 heterocycles. The van der Waals surface area contributed by atoms with E-state index in [1.54, 1.807) is 0 Å². The van der Waals surface area contributed by atoms with Gasteiger partial charge in [-0.05, 0) is 25.7 Å². The second-order valence-corrected chi connectivity index (χ2v) is 3.83. The zero-order valence-electron chi connectivity index (χ0n) is 9.99. The van der Waals surface area contributed by atoms with E-state index < -0.39 is 0 Å². The summed E-state index contributed by atoms with van der Waals surface area (Å²) in [5.41, 5.74) is 2.00. The first-order chi connectivity index (χ1) is 5.52. The van der Waals surface area contributed by atoms with Crippen LogP contribution in [0.3, 0.4) is 0 Å². The van der Waals surface area contributed by atoms with Crippen LogP contribution >= 0.6 is 0 Å². The van der Waals surface area contributed by atoms with Crippen LogP contribution in [0.1, 0.15) is 61.3 Å². The molecule has 0 heteroatoms. The molecule has 0 aliphatic rings. The van der Waals surface area contributed by atoms with Gasteiger partial charge in [0.15, 0.2) is 0 Å². The van der Waals surface area contributed by atoms with Gasteiger partial charge in [-0.25, -0.2) is 0 Å². The van der Waals surface area contributed by atoms with Crippen molar-refractivity contribution in [3.05, 3.63) is 11.6 Å². The van der Waals surface area contributed by atoms with Crippen LogP contribution in [0.2, 0.25) is 0 Å². The van der Waals surface area contributed by atoms with E-state index in [0.717, 1.165) is 0 Å². The maximum absolute atomic E-state index is 2.32. The lowest BCUT2D eigenvalue weighted by atomic mass is 9.83. The number of allylic oxidation sites excluding steroid dienone is 2. The molecule has 74 valence electrons. The molecule has 12 heavy (non-hydrogen) atoms. The predicted octanol–water partition coefficient (Wildman–Crippen LogP) is 4.81. The summed E-state index contributed by atoms with van der Waals surface area (Å²) in [6, 6.07) is 0. The van der Waals surface area contributed by atoms with E-state index in [4.69, 9.17) is 0 Å². The number of hydrogen-bond acceptors (Lipinski definition) is 0. The first kappa shape index (κ1) is 14.3. The Kier molecular flexibility index (Phi) is 8.79. The molecule has 0 aromatic rings. The molecule has 0 aromatic carbocycles. The van der Waals surface area contributed by atoms with Gasteiger partial charge in [0, 0.05) is 0 Å². The lowest BCUT2D eigenvalue weighted by Gasteiger charge is -2.22. The predicted molar refractivity (Wildman–Crippen MR) is 59.5 cm³/mol. The van der Waals surface area contributed by atoms with E-state index in [0.29, 0.717) is 5.41 Å². The SMILES string of the molecule is C/C=C(\C)CC(C)(C)CC.CC. The van der Waals surface area contributed by atoms with Crippen molar-refractivity contribution < 1.29 is 0 Å². The number of hydrogen-bond donors (Lipinski definition) is 0. The highest BCUT2D eigenvalue weighted by atomic mass is 14.2. The Bertz CT molecular complexity index is 118. The largest absolute Gasteiger partial charge is 0.0887 e. The quantitative estimate of drug-likeness (QED) is 0.533. The van der Waals surface area contributed by atoms with Crippen LogP contribution in [-0.2, 0) is 0 Å². The lowest BCUT2D eigenvalue weighted by Crippen LogP contribution is -2.09. The van der Waals surface area contributed by atoms with Crippen LogP contribution in [0.25, 0.3) is 0 Å². The Labute approximate surface area is 79.1 Å². The first-order valence-electron chi connectivity index (χ1n) is 5.13. The van der Waals surface area contributed by atoms with Crippen molar-refractivity contribution in [1.82, 2.24) is 0 Å². The minimum absolute atomic E-state index is 0.497. The Morgan fingerprint density at radius 1 is 1.25 bits per heavy atom. The Balaban J connectivity index is 0. The van der Waals surface area contributed by atoms with Crippen molar-refractivity contribution in [2.45, 2.75) is 61.3 Å². The second-order valence-electron chi connectivity index (χ2n) is 3.83. The molecular formula is C12H26. The van der Waals surface area contributed by atoms with Crippen LogP contribution in [-0.4, -0.2) is 0 Å². The van der Waals surface area contributed by atoms with Gasteiger partial charge in [0.25, 0.3) is 0 Å². The first-order valence-corrected chi connectivity index (χ1v) is 5.13. The van der Waals surface area contributed by atoms with E-state index in [1.165, 1.54) is 18.4 Å². The molecule has 0 aliphatic carbocycles. The summed E-state index contributed by atoms with van der Waals surface area (Å²) in [6.07, 6.45) is 4.70. The third-order valence-corrected chi connectivity index (χ3v) is 2.21. The molecule has 0 aliphatic heterocycles. The van der Waals surface area contributed by atoms with Crippen LogP contribution in [0, 0.1) is 5.41 Å². The lowest BCUT2D eigenvalue weighted by molar-refractivity contribution is 0.348. The average molecular weight is 170 g/mol. The van der Waals surface area contributed by atoms with E-state index in [1.807, 2.05) is 13.8 Å². The average Bonchev–Trinajstić information content (AvgIpc) is 2.07. The fourth-order valence-corrected chi connectivity index (χ4v) is 0.982. The van der Waals surface area contributed by atoms with Crippen molar-refractivity contribution in [2.75, 3.05) is 0 Å². The minimum Gasteiger partial charge on any atom is -0.0887 e. The molecule has 0 aromatic heterocycles. The maximum atomic E-state index is 2.32. The van der Waals surface area contributed by atoms with E-state index >= 15 is 0 Å². The molecule has 0 nitrogen and oxygen atoms in total. The third-order valence-electron chi connectivity index (χ3n) is 2.21. The Hall–Kier alpha value is -0.260. The highest BCUT2D eigenvalue weighted by molar-refractivity contribution is 4.98. The van der Waals surface area contributed by atoms with Crippen LogP contribution < -0.4 is 0 Å². The minimum atomic E-state index is 0.497. The molecule has 0 saturated carbocycles. The molecule has 0 atom stereocenters. The summed E-state index contributed by atoms with van der Waals surface area (Å²) in [6.45, 7) is 15.2. The smallest absolute Gasteiger partial charge is 0.0272 e. The van der Waals surface area contributed by atoms with Crippen molar-refractivity contribution >= 4 is 0 Å². The van der Waals surface area contributed by atoms with Crippen molar-refractivity contribution in [3.8, 4) is 0 Å². The molecule has 0 unspecified atom stereocenters. The van der Waals surface area contributed by atoms with Gasteiger partial charge < -0.3 is 0 Å². The van der Waals surface area contributed by atoms with Crippen LogP contribution in [0.5, 0.6) is 0 Å². The zero-order valence-corrected chi connectivity index (χ0v) is 9.99. The summed E-state index contributed by atoms with van der Waals surface area (Å²) in [4.78, 5) is 0. The van der Waals surface area contributed by atoms with E-state index in [9.17, 15) is 0 Å². The molecule has 0 amide bonds. The van der Waals surface area contributed by atoms with Gasteiger partial charge in [-0.1, -0.05) is 52.7 Å². The van der Waals surface area contributed by atoms with Gasteiger partial charge in [-0.3, -0.25) is 0 Å². The Morgan fingerprint density at radius 2 is 1.67 bits per heavy atom. The summed E-state index contributed by atoms with van der Waals surface area (Å²) in [5.74, 6) is 0. The molecule has 0 fully saturated rings. The summed E-state index contributed by atoms with van der Waals surface area (Å²) in [5, 5.41) is 0. The number of rotatable bonds is 3. The molecule has 0 radical (unpaired) electrons. The molecular weight excluding hydrogens is 144 g/mol. The highest BCUT2D eigenvalue weighted by Gasteiger charge is 2.14. The summed E-state index contributed by atoms with van der Waals surface area (Å²) in [7, 11) is 0. The van der Waals surface area contributed by atoms with Gasteiger partial charge in [-0.2, -0.15) is 0 Å². The fraction of sp³-hybridized carbons (Fsp3) is 0.833. The Morgan fingerprint density at radius 3 is 1.92 bits per heavy atom. The van der Waals surface area contributed by atoms with Gasteiger partial charge in [0.05, 0.1) is 0 Å². The van der Waals surface area contributed by atoms with Gasteiger partial charge >= 0.3 is 0 Å². The van der Waals surface area contributed by atoms with Gasteiger partial charge in [0.2, 0.25) is 0 Å². The second kappa shape index (κ2) is 7.39. The third kappa shape index (κ3) is 7.84. The molecule has 0 bridgehead atoms. The monoisotopic (exact) mass is 170 g/mol. The molecule has 0 N–H and O–H groups in total. The fourth-order valence-electron chi connectivity index (χ4n) is 0.982. The summed E-state index contributed by atoms with van der Waals surface area (Å²) >= 11 is 0. The van der Waals surface area contributed by atoms with Crippen LogP contribution in [0.4, 0.5) is 0 Å². The van der Waals surface area contributed by atoms with Crippen LogP contribution in [0.15, 0.2) is 11.6 Å². The zero-order chi connectivity index (χ0) is 10.2.